The van der Waals surface area contributed by atoms with E-state index in [0.717, 1.165) is 13.1 Å². The molecule has 0 radical (unpaired) electrons. The number of aromatic nitrogens is 1. The fourth-order valence-corrected chi connectivity index (χ4v) is 3.97. The fraction of sp³-hybridized carbons (Fsp3) is 0.400. The standard InChI is InChI=1S/C15H20BrN3S/c1-3-19(10-12-4-6-18-7-5-12)14(9-17)15-8-13(16)11(2)20-15/h4-8,14H,3,9-10,17H2,1-2H3. The fourth-order valence-electron chi connectivity index (χ4n) is 2.26. The molecule has 0 aliphatic carbocycles. The van der Waals surface area contributed by atoms with Crippen molar-refractivity contribution in [3.05, 3.63) is 50.4 Å². The molecule has 20 heavy (non-hydrogen) atoms. The zero-order valence-corrected chi connectivity index (χ0v) is 14.2. The first-order chi connectivity index (χ1) is 9.65. The van der Waals surface area contributed by atoms with Crippen molar-refractivity contribution in [1.82, 2.24) is 9.88 Å². The van der Waals surface area contributed by atoms with Gasteiger partial charge < -0.3 is 5.73 Å². The lowest BCUT2D eigenvalue weighted by Crippen LogP contribution is -2.32. The van der Waals surface area contributed by atoms with Crippen LogP contribution in [0.5, 0.6) is 0 Å². The summed E-state index contributed by atoms with van der Waals surface area (Å²) in [6, 6.07) is 6.59. The van der Waals surface area contributed by atoms with Crippen LogP contribution in [0.3, 0.4) is 0 Å². The second-order valence-electron chi connectivity index (χ2n) is 4.72. The number of thiophene rings is 1. The third kappa shape index (κ3) is 3.67. The largest absolute Gasteiger partial charge is 0.329 e. The number of halogens is 1. The molecule has 0 saturated heterocycles. The van der Waals surface area contributed by atoms with Gasteiger partial charge in [-0.05, 0) is 53.2 Å². The quantitative estimate of drug-likeness (QED) is 0.859. The van der Waals surface area contributed by atoms with Gasteiger partial charge in [-0.2, -0.15) is 0 Å². The summed E-state index contributed by atoms with van der Waals surface area (Å²) < 4.78 is 1.18. The first-order valence-electron chi connectivity index (χ1n) is 6.74. The number of hydrogen-bond acceptors (Lipinski definition) is 4. The summed E-state index contributed by atoms with van der Waals surface area (Å²) in [6.45, 7) is 6.81. The monoisotopic (exact) mass is 353 g/mol. The Labute approximate surface area is 133 Å². The maximum atomic E-state index is 6.03. The van der Waals surface area contributed by atoms with Crippen LogP contribution < -0.4 is 5.73 Å². The van der Waals surface area contributed by atoms with E-state index < -0.39 is 0 Å². The molecule has 0 bridgehead atoms. The van der Waals surface area contributed by atoms with Gasteiger partial charge in [0.25, 0.3) is 0 Å². The van der Waals surface area contributed by atoms with Gasteiger partial charge in [0.1, 0.15) is 0 Å². The molecule has 3 nitrogen and oxygen atoms in total. The maximum Gasteiger partial charge on any atom is 0.0567 e. The summed E-state index contributed by atoms with van der Waals surface area (Å²) in [5.74, 6) is 0. The van der Waals surface area contributed by atoms with Crippen molar-refractivity contribution in [3.8, 4) is 0 Å². The molecule has 2 aromatic rings. The van der Waals surface area contributed by atoms with E-state index in [4.69, 9.17) is 5.73 Å². The molecule has 2 N–H and O–H groups in total. The van der Waals surface area contributed by atoms with Gasteiger partial charge in [-0.25, -0.2) is 0 Å². The molecule has 1 unspecified atom stereocenters. The SMILES string of the molecule is CCN(Cc1ccncc1)C(CN)c1cc(Br)c(C)s1. The number of nitrogens with zero attached hydrogens (tertiary/aromatic N) is 2. The second-order valence-corrected chi connectivity index (χ2v) is 6.87. The van der Waals surface area contributed by atoms with Gasteiger partial charge in [0.15, 0.2) is 0 Å². The Bertz CT molecular complexity index is 522. The zero-order chi connectivity index (χ0) is 14.5. The predicted molar refractivity (Wildman–Crippen MR) is 88.9 cm³/mol. The van der Waals surface area contributed by atoms with Gasteiger partial charge in [-0.3, -0.25) is 9.88 Å². The van der Waals surface area contributed by atoms with Crippen LogP contribution in [0.4, 0.5) is 0 Å². The molecule has 108 valence electrons. The molecular formula is C15H20BrN3S. The molecule has 0 aliphatic heterocycles. The Balaban J connectivity index is 2.19. The molecule has 2 rings (SSSR count). The van der Waals surface area contributed by atoms with Crippen LogP contribution >= 0.6 is 27.3 Å². The van der Waals surface area contributed by atoms with Crippen LogP contribution in [0, 0.1) is 6.92 Å². The number of rotatable bonds is 6. The molecule has 0 aromatic carbocycles. The number of likely N-dealkylation sites (N-methyl/N-ethyl adjacent to an activating group) is 1. The van der Waals surface area contributed by atoms with E-state index in [1.54, 1.807) is 0 Å². The highest BCUT2D eigenvalue weighted by molar-refractivity contribution is 9.10. The zero-order valence-electron chi connectivity index (χ0n) is 11.8. The van der Waals surface area contributed by atoms with Crippen molar-refractivity contribution in [2.75, 3.05) is 13.1 Å². The number of nitrogens with two attached hydrogens (primary N) is 1. The molecule has 0 spiro atoms. The van der Waals surface area contributed by atoms with Gasteiger partial charge >= 0.3 is 0 Å². The van der Waals surface area contributed by atoms with Gasteiger partial charge in [-0.1, -0.05) is 6.92 Å². The van der Waals surface area contributed by atoms with E-state index in [1.807, 2.05) is 23.7 Å². The maximum absolute atomic E-state index is 6.03. The second kappa shape index (κ2) is 7.31. The van der Waals surface area contributed by atoms with Crippen LogP contribution in [-0.4, -0.2) is 23.0 Å². The summed E-state index contributed by atoms with van der Waals surface area (Å²) in [4.78, 5) is 9.11. The molecule has 1 atom stereocenters. The molecule has 0 amide bonds. The van der Waals surface area contributed by atoms with Crippen LogP contribution in [0.25, 0.3) is 0 Å². The van der Waals surface area contributed by atoms with Gasteiger partial charge in [-0.15, -0.1) is 11.3 Å². The van der Waals surface area contributed by atoms with E-state index in [2.05, 4.69) is 57.9 Å². The average Bonchev–Trinajstić information content (AvgIpc) is 2.79. The highest BCUT2D eigenvalue weighted by Gasteiger charge is 2.20. The third-order valence-electron chi connectivity index (χ3n) is 3.41. The van der Waals surface area contributed by atoms with Gasteiger partial charge in [0, 0.05) is 39.7 Å². The Hall–Kier alpha value is -0.750. The Morgan fingerprint density at radius 1 is 1.40 bits per heavy atom. The molecule has 0 fully saturated rings. The summed E-state index contributed by atoms with van der Waals surface area (Å²) >= 11 is 5.41. The van der Waals surface area contributed by atoms with Crippen molar-refractivity contribution in [3.63, 3.8) is 0 Å². The smallest absolute Gasteiger partial charge is 0.0567 e. The number of hydrogen-bond donors (Lipinski definition) is 1. The first kappa shape index (κ1) is 15.6. The summed E-state index contributed by atoms with van der Waals surface area (Å²) in [7, 11) is 0. The lowest BCUT2D eigenvalue weighted by atomic mass is 10.1. The average molecular weight is 354 g/mol. The number of pyridine rings is 1. The first-order valence-corrected chi connectivity index (χ1v) is 8.35. The van der Waals surface area contributed by atoms with E-state index >= 15 is 0 Å². The Kier molecular flexibility index (Phi) is 5.72. The third-order valence-corrected chi connectivity index (χ3v) is 5.65. The van der Waals surface area contributed by atoms with Gasteiger partial charge in [0.05, 0.1) is 6.04 Å². The lowest BCUT2D eigenvalue weighted by Gasteiger charge is -2.29. The highest BCUT2D eigenvalue weighted by Crippen LogP contribution is 2.33. The van der Waals surface area contributed by atoms with Crippen LogP contribution in [0.1, 0.15) is 28.3 Å². The molecule has 0 saturated carbocycles. The summed E-state index contributed by atoms with van der Waals surface area (Å²) in [5.41, 5.74) is 7.30. The van der Waals surface area contributed by atoms with Crippen molar-refractivity contribution >= 4 is 27.3 Å². The van der Waals surface area contributed by atoms with E-state index in [1.165, 1.54) is 19.8 Å². The molecular weight excluding hydrogens is 334 g/mol. The summed E-state index contributed by atoms with van der Waals surface area (Å²) in [5, 5.41) is 0. The molecule has 2 aromatic heterocycles. The summed E-state index contributed by atoms with van der Waals surface area (Å²) in [6.07, 6.45) is 3.68. The Morgan fingerprint density at radius 3 is 2.60 bits per heavy atom. The van der Waals surface area contributed by atoms with E-state index in [9.17, 15) is 0 Å². The van der Waals surface area contributed by atoms with Crippen LogP contribution in [-0.2, 0) is 6.54 Å². The molecule has 2 heterocycles. The van der Waals surface area contributed by atoms with E-state index in [0.29, 0.717) is 6.54 Å². The van der Waals surface area contributed by atoms with Crippen molar-refractivity contribution < 1.29 is 0 Å². The van der Waals surface area contributed by atoms with Crippen molar-refractivity contribution in [1.29, 1.82) is 0 Å². The van der Waals surface area contributed by atoms with Gasteiger partial charge in [0.2, 0.25) is 0 Å². The van der Waals surface area contributed by atoms with Crippen LogP contribution in [0.2, 0.25) is 0 Å². The lowest BCUT2D eigenvalue weighted by molar-refractivity contribution is 0.206. The highest BCUT2D eigenvalue weighted by atomic mass is 79.9. The molecule has 0 aliphatic rings. The van der Waals surface area contributed by atoms with Crippen LogP contribution in [0.15, 0.2) is 35.1 Å². The Morgan fingerprint density at radius 2 is 2.10 bits per heavy atom. The van der Waals surface area contributed by atoms with Crippen molar-refractivity contribution in [2.24, 2.45) is 5.73 Å². The van der Waals surface area contributed by atoms with E-state index in [-0.39, 0.29) is 6.04 Å². The minimum absolute atomic E-state index is 0.267. The normalized spacial score (nSPS) is 12.8. The van der Waals surface area contributed by atoms with Crippen molar-refractivity contribution in [2.45, 2.75) is 26.4 Å². The predicted octanol–water partition coefficient (Wildman–Crippen LogP) is 3.74. The molecule has 5 heteroatoms. The minimum Gasteiger partial charge on any atom is -0.329 e. The number of aryl methyl sites for hydroxylation is 1. The minimum atomic E-state index is 0.267. The topological polar surface area (TPSA) is 42.2 Å².